The maximum atomic E-state index is 13.8. The number of anilines is 1. The molecule has 7 nitrogen and oxygen atoms in total. The number of nitrogens with two attached hydrogens (primary N) is 1. The SMILES string of the molecule is COc1cc(Sc2nc(=O)c(=O)[nH]n2C)c(F)cc1N. The van der Waals surface area contributed by atoms with E-state index in [0.717, 1.165) is 17.8 Å². The van der Waals surface area contributed by atoms with E-state index in [2.05, 4.69) is 10.1 Å². The summed E-state index contributed by atoms with van der Waals surface area (Å²) in [6.07, 6.45) is 0. The van der Waals surface area contributed by atoms with Crippen molar-refractivity contribution in [1.82, 2.24) is 14.8 Å². The zero-order valence-corrected chi connectivity index (χ0v) is 11.5. The van der Waals surface area contributed by atoms with Gasteiger partial charge >= 0.3 is 11.1 Å². The molecule has 0 aliphatic carbocycles. The standard InChI is InChI=1S/C11H11FN4O3S/c1-16-11(14-9(17)10(18)15-16)20-8-4-7(19-2)6(13)3-5(8)12/h3-4H,13H2,1-2H3,(H,15,18). The second-order valence-corrected chi connectivity index (χ2v) is 4.84. The molecule has 20 heavy (non-hydrogen) atoms. The van der Waals surface area contributed by atoms with Gasteiger partial charge in [0.25, 0.3) is 0 Å². The van der Waals surface area contributed by atoms with Crippen LogP contribution in [0.25, 0.3) is 0 Å². The molecule has 0 saturated carbocycles. The smallest absolute Gasteiger partial charge is 0.339 e. The number of hydrogen-bond acceptors (Lipinski definition) is 6. The number of methoxy groups -OCH3 is 1. The quantitative estimate of drug-likeness (QED) is 0.626. The van der Waals surface area contributed by atoms with Crippen LogP contribution < -0.4 is 21.6 Å². The van der Waals surface area contributed by atoms with E-state index in [-0.39, 0.29) is 15.7 Å². The highest BCUT2D eigenvalue weighted by molar-refractivity contribution is 7.99. The lowest BCUT2D eigenvalue weighted by atomic mass is 10.3. The summed E-state index contributed by atoms with van der Waals surface area (Å²) in [4.78, 5) is 26.1. The molecular weight excluding hydrogens is 287 g/mol. The molecule has 2 rings (SSSR count). The number of aromatic nitrogens is 3. The Balaban J connectivity index is 2.47. The summed E-state index contributed by atoms with van der Waals surface area (Å²) in [6.45, 7) is 0. The molecule has 0 saturated heterocycles. The van der Waals surface area contributed by atoms with Crippen molar-refractivity contribution in [3.63, 3.8) is 0 Å². The van der Waals surface area contributed by atoms with Crippen LogP contribution >= 0.6 is 11.8 Å². The zero-order chi connectivity index (χ0) is 14.9. The molecule has 1 aromatic carbocycles. The largest absolute Gasteiger partial charge is 0.495 e. The summed E-state index contributed by atoms with van der Waals surface area (Å²) >= 11 is 0.873. The number of aromatic amines is 1. The van der Waals surface area contributed by atoms with E-state index < -0.39 is 16.9 Å². The predicted molar refractivity (Wildman–Crippen MR) is 71.6 cm³/mol. The molecule has 0 atom stereocenters. The van der Waals surface area contributed by atoms with Gasteiger partial charge in [0, 0.05) is 13.1 Å². The lowest BCUT2D eigenvalue weighted by Gasteiger charge is -2.09. The Hall–Kier alpha value is -2.29. The summed E-state index contributed by atoms with van der Waals surface area (Å²) in [7, 11) is 2.90. The first-order valence-electron chi connectivity index (χ1n) is 5.40. The van der Waals surface area contributed by atoms with Crippen LogP contribution in [0.5, 0.6) is 5.75 Å². The number of hydrogen-bond donors (Lipinski definition) is 2. The van der Waals surface area contributed by atoms with Crippen LogP contribution in [0.2, 0.25) is 0 Å². The highest BCUT2D eigenvalue weighted by atomic mass is 32.2. The van der Waals surface area contributed by atoms with E-state index in [1.165, 1.54) is 24.9 Å². The number of nitrogens with one attached hydrogen (secondary N) is 1. The molecule has 2 aromatic rings. The molecule has 0 aliphatic rings. The van der Waals surface area contributed by atoms with E-state index in [4.69, 9.17) is 10.5 Å². The minimum absolute atomic E-state index is 0.139. The topological polar surface area (TPSA) is 103 Å². The van der Waals surface area contributed by atoms with Crippen molar-refractivity contribution in [1.29, 1.82) is 0 Å². The van der Waals surface area contributed by atoms with Gasteiger partial charge in [0.1, 0.15) is 11.6 Å². The van der Waals surface area contributed by atoms with Crippen molar-refractivity contribution < 1.29 is 9.13 Å². The number of aryl methyl sites for hydroxylation is 1. The third-order valence-corrected chi connectivity index (χ3v) is 3.51. The fraction of sp³-hybridized carbons (Fsp3) is 0.182. The van der Waals surface area contributed by atoms with Crippen molar-refractivity contribution in [2.24, 2.45) is 7.05 Å². The molecule has 0 amide bonds. The summed E-state index contributed by atoms with van der Waals surface area (Å²) < 4.78 is 20.1. The van der Waals surface area contributed by atoms with Crippen LogP contribution in [0.3, 0.4) is 0 Å². The first kappa shape index (κ1) is 14.1. The van der Waals surface area contributed by atoms with E-state index in [0.29, 0.717) is 5.75 Å². The molecule has 106 valence electrons. The zero-order valence-electron chi connectivity index (χ0n) is 10.6. The van der Waals surface area contributed by atoms with Gasteiger partial charge in [-0.25, -0.2) is 4.39 Å². The lowest BCUT2D eigenvalue weighted by molar-refractivity contribution is 0.414. The number of rotatable bonds is 3. The molecular formula is C11H11FN4O3S. The minimum Gasteiger partial charge on any atom is -0.495 e. The van der Waals surface area contributed by atoms with Crippen molar-refractivity contribution in [2.45, 2.75) is 10.1 Å². The number of ether oxygens (including phenoxy) is 1. The molecule has 1 aromatic heterocycles. The third-order valence-electron chi connectivity index (χ3n) is 2.43. The molecule has 1 heterocycles. The van der Waals surface area contributed by atoms with Crippen molar-refractivity contribution >= 4 is 17.4 Å². The fourth-order valence-corrected chi connectivity index (χ4v) is 2.29. The highest BCUT2D eigenvalue weighted by Gasteiger charge is 2.13. The van der Waals surface area contributed by atoms with Gasteiger partial charge in [0.2, 0.25) is 0 Å². The van der Waals surface area contributed by atoms with Crippen LogP contribution in [0.1, 0.15) is 0 Å². The second-order valence-electron chi connectivity index (χ2n) is 3.83. The number of benzene rings is 1. The van der Waals surface area contributed by atoms with Gasteiger partial charge in [-0.15, -0.1) is 0 Å². The normalized spacial score (nSPS) is 10.6. The van der Waals surface area contributed by atoms with Crippen LogP contribution in [0.15, 0.2) is 31.8 Å². The van der Waals surface area contributed by atoms with E-state index in [9.17, 15) is 14.0 Å². The third kappa shape index (κ3) is 2.67. The highest BCUT2D eigenvalue weighted by Crippen LogP contribution is 2.33. The molecule has 0 unspecified atom stereocenters. The summed E-state index contributed by atoms with van der Waals surface area (Å²) in [5, 5.41) is 2.41. The Kier molecular flexibility index (Phi) is 3.79. The van der Waals surface area contributed by atoms with E-state index in [1.807, 2.05) is 0 Å². The van der Waals surface area contributed by atoms with Gasteiger partial charge in [-0.2, -0.15) is 4.98 Å². The van der Waals surface area contributed by atoms with Gasteiger partial charge in [-0.3, -0.25) is 19.4 Å². The first-order valence-corrected chi connectivity index (χ1v) is 6.22. The number of halogens is 1. The maximum Gasteiger partial charge on any atom is 0.339 e. The average molecular weight is 298 g/mol. The molecule has 0 bridgehead atoms. The van der Waals surface area contributed by atoms with Crippen molar-refractivity contribution in [3.8, 4) is 5.75 Å². The Morgan fingerprint density at radius 3 is 2.80 bits per heavy atom. The lowest BCUT2D eigenvalue weighted by Crippen LogP contribution is -2.33. The van der Waals surface area contributed by atoms with Gasteiger partial charge in [0.05, 0.1) is 17.7 Å². The van der Waals surface area contributed by atoms with E-state index >= 15 is 0 Å². The monoisotopic (exact) mass is 298 g/mol. The first-order chi connectivity index (χ1) is 9.42. The van der Waals surface area contributed by atoms with Crippen LogP contribution in [0, 0.1) is 5.82 Å². The fourth-order valence-electron chi connectivity index (χ4n) is 1.46. The second kappa shape index (κ2) is 5.37. The van der Waals surface area contributed by atoms with Gasteiger partial charge in [-0.05, 0) is 17.8 Å². The molecule has 0 radical (unpaired) electrons. The Morgan fingerprint density at radius 1 is 1.45 bits per heavy atom. The summed E-state index contributed by atoms with van der Waals surface area (Å²) in [6, 6.07) is 2.51. The van der Waals surface area contributed by atoms with Crippen molar-refractivity contribution in [3.05, 3.63) is 38.7 Å². The van der Waals surface area contributed by atoms with Crippen LogP contribution in [-0.4, -0.2) is 21.9 Å². The average Bonchev–Trinajstić information content (AvgIpc) is 2.38. The number of nitrogens with zero attached hydrogens (tertiary/aromatic N) is 2. The molecule has 3 N–H and O–H groups in total. The molecule has 0 spiro atoms. The van der Waals surface area contributed by atoms with Crippen molar-refractivity contribution in [2.75, 3.05) is 12.8 Å². The van der Waals surface area contributed by atoms with Gasteiger partial charge < -0.3 is 10.5 Å². The Bertz CT molecular complexity index is 771. The summed E-state index contributed by atoms with van der Waals surface area (Å²) in [5.74, 6) is -0.267. The predicted octanol–water partition coefficient (Wildman–Crippen LogP) is 0.350. The number of H-pyrrole nitrogens is 1. The Morgan fingerprint density at radius 2 is 2.15 bits per heavy atom. The molecule has 0 fully saturated rings. The minimum atomic E-state index is -0.937. The molecule has 9 heteroatoms. The van der Waals surface area contributed by atoms with Gasteiger partial charge in [0.15, 0.2) is 5.16 Å². The van der Waals surface area contributed by atoms with Crippen LogP contribution in [-0.2, 0) is 7.05 Å². The van der Waals surface area contributed by atoms with Crippen LogP contribution in [0.4, 0.5) is 10.1 Å². The Labute approximate surface area is 116 Å². The maximum absolute atomic E-state index is 13.8. The molecule has 0 aliphatic heterocycles. The van der Waals surface area contributed by atoms with E-state index in [1.54, 1.807) is 0 Å². The van der Waals surface area contributed by atoms with Gasteiger partial charge in [-0.1, -0.05) is 0 Å². The summed E-state index contributed by atoms with van der Waals surface area (Å²) in [5.41, 5.74) is 3.96. The number of nitrogen functional groups attached to an aromatic ring is 1.